The highest BCUT2D eigenvalue weighted by molar-refractivity contribution is 5.53. The molecule has 1 aromatic rings. The van der Waals surface area contributed by atoms with Gasteiger partial charge in [0, 0.05) is 11.6 Å². The van der Waals surface area contributed by atoms with Crippen LogP contribution >= 0.6 is 0 Å². The molecular formula is C13H19NO3. The van der Waals surface area contributed by atoms with Crippen LogP contribution in [0.15, 0.2) is 24.3 Å². The summed E-state index contributed by atoms with van der Waals surface area (Å²) in [5.74, 6) is 1.90. The molecule has 0 aliphatic rings. The van der Waals surface area contributed by atoms with Crippen LogP contribution in [-0.4, -0.2) is 21.3 Å². The van der Waals surface area contributed by atoms with Crippen molar-refractivity contribution >= 4 is 0 Å². The summed E-state index contributed by atoms with van der Waals surface area (Å²) in [4.78, 5) is 0. The van der Waals surface area contributed by atoms with E-state index in [0.29, 0.717) is 17.2 Å². The maximum absolute atomic E-state index is 6.05. The van der Waals surface area contributed by atoms with Crippen molar-refractivity contribution in [1.82, 2.24) is 0 Å². The second-order valence-corrected chi connectivity index (χ2v) is 3.77. The first kappa shape index (κ1) is 13.4. The van der Waals surface area contributed by atoms with Crippen molar-refractivity contribution in [3.8, 4) is 17.2 Å². The molecule has 2 N–H and O–H groups in total. The van der Waals surface area contributed by atoms with Gasteiger partial charge in [0.25, 0.3) is 0 Å². The van der Waals surface area contributed by atoms with E-state index in [2.05, 4.69) is 6.58 Å². The summed E-state index contributed by atoms with van der Waals surface area (Å²) in [6.45, 7) is 5.73. The van der Waals surface area contributed by atoms with Gasteiger partial charge in [-0.25, -0.2) is 0 Å². The minimum Gasteiger partial charge on any atom is -0.496 e. The van der Waals surface area contributed by atoms with Crippen molar-refractivity contribution in [2.45, 2.75) is 13.0 Å². The van der Waals surface area contributed by atoms with Crippen molar-refractivity contribution in [1.29, 1.82) is 0 Å². The van der Waals surface area contributed by atoms with Gasteiger partial charge in [0.05, 0.1) is 27.4 Å². The van der Waals surface area contributed by atoms with Gasteiger partial charge in [-0.1, -0.05) is 12.2 Å². The van der Waals surface area contributed by atoms with Gasteiger partial charge >= 0.3 is 0 Å². The van der Waals surface area contributed by atoms with E-state index in [4.69, 9.17) is 19.9 Å². The molecule has 0 heterocycles. The third kappa shape index (κ3) is 2.71. The molecule has 1 rings (SSSR count). The largest absolute Gasteiger partial charge is 0.496 e. The van der Waals surface area contributed by atoms with Gasteiger partial charge in [-0.2, -0.15) is 0 Å². The van der Waals surface area contributed by atoms with E-state index in [1.807, 2.05) is 13.0 Å². The highest BCUT2D eigenvalue weighted by Gasteiger charge is 2.17. The third-order valence-electron chi connectivity index (χ3n) is 2.60. The molecule has 94 valence electrons. The second-order valence-electron chi connectivity index (χ2n) is 3.77. The smallest absolute Gasteiger partial charge is 0.164 e. The standard InChI is InChI=1S/C13H19NO3/c1-8(2)13(14)9-6-11(16-4)12(17-5)7-10(9)15-3/h6-7,13H,1,14H2,2-5H3. The van der Waals surface area contributed by atoms with Crippen LogP contribution in [0.1, 0.15) is 18.5 Å². The van der Waals surface area contributed by atoms with Gasteiger partial charge in [-0.05, 0) is 13.0 Å². The molecular weight excluding hydrogens is 218 g/mol. The highest BCUT2D eigenvalue weighted by atomic mass is 16.5. The number of ether oxygens (including phenoxy) is 3. The lowest BCUT2D eigenvalue weighted by Crippen LogP contribution is -2.12. The first-order valence-corrected chi connectivity index (χ1v) is 5.26. The van der Waals surface area contributed by atoms with E-state index >= 15 is 0 Å². The summed E-state index contributed by atoms with van der Waals surface area (Å²) >= 11 is 0. The number of methoxy groups -OCH3 is 3. The third-order valence-corrected chi connectivity index (χ3v) is 2.60. The van der Waals surface area contributed by atoms with Crippen molar-refractivity contribution < 1.29 is 14.2 Å². The van der Waals surface area contributed by atoms with Gasteiger partial charge in [0.1, 0.15) is 5.75 Å². The lowest BCUT2D eigenvalue weighted by molar-refractivity contribution is 0.347. The number of benzene rings is 1. The number of nitrogens with two attached hydrogens (primary N) is 1. The monoisotopic (exact) mass is 237 g/mol. The van der Waals surface area contributed by atoms with Gasteiger partial charge in [-0.15, -0.1) is 0 Å². The van der Waals surface area contributed by atoms with Gasteiger partial charge in [-0.3, -0.25) is 0 Å². The average Bonchev–Trinajstić information content (AvgIpc) is 2.35. The molecule has 0 aliphatic carbocycles. The Labute approximate surface area is 102 Å². The summed E-state index contributed by atoms with van der Waals surface area (Å²) in [5.41, 5.74) is 7.74. The molecule has 4 nitrogen and oxygen atoms in total. The minimum atomic E-state index is -0.287. The van der Waals surface area contributed by atoms with Gasteiger partial charge in [0.15, 0.2) is 11.5 Å². The van der Waals surface area contributed by atoms with Crippen LogP contribution in [0.4, 0.5) is 0 Å². The fourth-order valence-corrected chi connectivity index (χ4v) is 1.56. The van der Waals surface area contributed by atoms with Crippen molar-refractivity contribution in [2.75, 3.05) is 21.3 Å². The quantitative estimate of drug-likeness (QED) is 0.798. The van der Waals surface area contributed by atoms with E-state index in [9.17, 15) is 0 Å². The maximum atomic E-state index is 6.05. The van der Waals surface area contributed by atoms with E-state index in [1.165, 1.54) is 0 Å². The fourth-order valence-electron chi connectivity index (χ4n) is 1.56. The molecule has 1 unspecified atom stereocenters. The number of hydrogen-bond acceptors (Lipinski definition) is 4. The van der Waals surface area contributed by atoms with Gasteiger partial charge in [0.2, 0.25) is 0 Å². The second kappa shape index (κ2) is 5.59. The Morgan fingerprint density at radius 3 is 1.94 bits per heavy atom. The van der Waals surface area contributed by atoms with E-state index in [-0.39, 0.29) is 6.04 Å². The molecule has 0 spiro atoms. The minimum absolute atomic E-state index is 0.287. The lowest BCUT2D eigenvalue weighted by atomic mass is 10.0. The van der Waals surface area contributed by atoms with Crippen LogP contribution in [0.5, 0.6) is 17.2 Å². The molecule has 0 saturated heterocycles. The Balaban J connectivity index is 3.33. The fraction of sp³-hybridized carbons (Fsp3) is 0.385. The zero-order valence-electron chi connectivity index (χ0n) is 10.7. The molecule has 0 aliphatic heterocycles. The Bertz CT molecular complexity index is 415. The van der Waals surface area contributed by atoms with Crippen LogP contribution in [-0.2, 0) is 0 Å². The average molecular weight is 237 g/mol. The first-order valence-electron chi connectivity index (χ1n) is 5.26. The highest BCUT2D eigenvalue weighted by Crippen LogP contribution is 2.38. The van der Waals surface area contributed by atoms with Gasteiger partial charge < -0.3 is 19.9 Å². The molecule has 0 amide bonds. The zero-order valence-corrected chi connectivity index (χ0v) is 10.7. The Kier molecular flexibility index (Phi) is 4.40. The number of hydrogen-bond donors (Lipinski definition) is 1. The summed E-state index contributed by atoms with van der Waals surface area (Å²) in [5, 5.41) is 0. The molecule has 0 aromatic heterocycles. The lowest BCUT2D eigenvalue weighted by Gasteiger charge is -2.18. The normalized spacial score (nSPS) is 11.8. The molecule has 0 fully saturated rings. The molecule has 0 saturated carbocycles. The van der Waals surface area contributed by atoms with Crippen LogP contribution in [0, 0.1) is 0 Å². The maximum Gasteiger partial charge on any atom is 0.164 e. The molecule has 1 atom stereocenters. The molecule has 0 bridgehead atoms. The zero-order chi connectivity index (χ0) is 13.0. The molecule has 17 heavy (non-hydrogen) atoms. The van der Waals surface area contributed by atoms with E-state index in [0.717, 1.165) is 11.1 Å². The van der Waals surface area contributed by atoms with Crippen LogP contribution < -0.4 is 19.9 Å². The van der Waals surface area contributed by atoms with Crippen LogP contribution in [0.25, 0.3) is 0 Å². The number of rotatable bonds is 5. The topological polar surface area (TPSA) is 53.7 Å². The van der Waals surface area contributed by atoms with Crippen molar-refractivity contribution in [3.05, 3.63) is 29.8 Å². The Morgan fingerprint density at radius 1 is 1.06 bits per heavy atom. The SMILES string of the molecule is C=C(C)C(N)c1cc(OC)c(OC)cc1OC. The summed E-state index contributed by atoms with van der Waals surface area (Å²) < 4.78 is 15.7. The van der Waals surface area contributed by atoms with E-state index in [1.54, 1.807) is 27.4 Å². The Morgan fingerprint density at radius 2 is 1.53 bits per heavy atom. The van der Waals surface area contributed by atoms with Crippen molar-refractivity contribution in [3.63, 3.8) is 0 Å². The molecule has 0 radical (unpaired) electrons. The van der Waals surface area contributed by atoms with Crippen LogP contribution in [0.2, 0.25) is 0 Å². The Hall–Kier alpha value is -1.68. The summed E-state index contributed by atoms with van der Waals surface area (Å²) in [6, 6.07) is 3.29. The predicted molar refractivity (Wildman–Crippen MR) is 67.8 cm³/mol. The first-order chi connectivity index (χ1) is 8.04. The summed E-state index contributed by atoms with van der Waals surface area (Å²) in [6.07, 6.45) is 0. The van der Waals surface area contributed by atoms with Crippen molar-refractivity contribution in [2.24, 2.45) is 5.73 Å². The molecule has 1 aromatic carbocycles. The predicted octanol–water partition coefficient (Wildman–Crippen LogP) is 2.29. The van der Waals surface area contributed by atoms with Crippen LogP contribution in [0.3, 0.4) is 0 Å². The van der Waals surface area contributed by atoms with E-state index < -0.39 is 0 Å². The molecule has 4 heteroatoms. The summed E-state index contributed by atoms with van der Waals surface area (Å²) in [7, 11) is 4.76.